The Morgan fingerprint density at radius 2 is 2.26 bits per heavy atom. The van der Waals surface area contributed by atoms with Gasteiger partial charge in [0.2, 0.25) is 0 Å². The monoisotopic (exact) mass is 281 g/mol. The first kappa shape index (κ1) is 14.9. The molecule has 0 saturated heterocycles. The van der Waals surface area contributed by atoms with Gasteiger partial charge in [0, 0.05) is 13.1 Å². The predicted octanol–water partition coefficient (Wildman–Crippen LogP) is 2.62. The lowest BCUT2D eigenvalue weighted by atomic mass is 10.1. The maximum Gasteiger partial charge on any atom is 0.300 e. The number of hydrogen-bond donors (Lipinski definition) is 0. The second-order valence-corrected chi connectivity index (χ2v) is 4.09. The summed E-state index contributed by atoms with van der Waals surface area (Å²) < 4.78 is 0. The van der Waals surface area contributed by atoms with Crippen LogP contribution in [-0.4, -0.2) is 28.8 Å². The van der Waals surface area contributed by atoms with Crippen LogP contribution in [0.25, 0.3) is 0 Å². The van der Waals surface area contributed by atoms with Crippen LogP contribution in [0.5, 0.6) is 0 Å². The molecule has 0 atom stereocenters. The van der Waals surface area contributed by atoms with Gasteiger partial charge in [-0.15, -0.1) is 0 Å². The van der Waals surface area contributed by atoms with Crippen molar-refractivity contribution in [3.8, 4) is 6.07 Å². The van der Waals surface area contributed by atoms with Gasteiger partial charge in [0.15, 0.2) is 0 Å². The third kappa shape index (κ3) is 3.42. The van der Waals surface area contributed by atoms with Crippen LogP contribution in [0.1, 0.15) is 23.7 Å². The number of nitriles is 1. The predicted molar refractivity (Wildman–Crippen MR) is 69.9 cm³/mol. The molecule has 1 aromatic carbocycles. The molecule has 1 rings (SSSR count). The number of rotatable bonds is 5. The van der Waals surface area contributed by atoms with Crippen molar-refractivity contribution in [1.29, 1.82) is 5.26 Å². The summed E-state index contributed by atoms with van der Waals surface area (Å²) in [5.74, 6) is -0.494. The van der Waals surface area contributed by atoms with Crippen molar-refractivity contribution < 1.29 is 9.72 Å². The van der Waals surface area contributed by atoms with Crippen LogP contribution in [0.15, 0.2) is 18.2 Å². The van der Waals surface area contributed by atoms with Gasteiger partial charge in [-0.1, -0.05) is 17.7 Å². The van der Waals surface area contributed by atoms with E-state index in [0.29, 0.717) is 6.54 Å². The molecule has 0 aliphatic heterocycles. The van der Waals surface area contributed by atoms with Crippen LogP contribution in [0.4, 0.5) is 5.69 Å². The van der Waals surface area contributed by atoms with Crippen molar-refractivity contribution in [3.05, 3.63) is 38.9 Å². The normalized spacial score (nSPS) is 9.74. The van der Waals surface area contributed by atoms with E-state index in [1.165, 1.54) is 23.1 Å². The molecule has 0 unspecified atom stereocenters. The van der Waals surface area contributed by atoms with E-state index >= 15 is 0 Å². The number of halogens is 1. The minimum absolute atomic E-state index is 0.0581. The quantitative estimate of drug-likeness (QED) is 0.613. The number of carbonyl (C=O) groups excluding carboxylic acids is 1. The molecule has 100 valence electrons. The molecule has 7 heteroatoms. The van der Waals surface area contributed by atoms with Gasteiger partial charge in [0.05, 0.1) is 17.4 Å². The average Bonchev–Trinajstić information content (AvgIpc) is 2.38. The Bertz CT molecular complexity index is 540. The molecule has 1 amide bonds. The van der Waals surface area contributed by atoms with Crippen molar-refractivity contribution >= 4 is 23.2 Å². The molecular formula is C12H12ClN3O3. The Kier molecular flexibility index (Phi) is 5.27. The van der Waals surface area contributed by atoms with Crippen LogP contribution in [0.3, 0.4) is 0 Å². The molecule has 6 nitrogen and oxygen atoms in total. The summed E-state index contributed by atoms with van der Waals surface area (Å²) >= 11 is 5.76. The highest BCUT2D eigenvalue weighted by Gasteiger charge is 2.26. The topological polar surface area (TPSA) is 87.2 Å². The second kappa shape index (κ2) is 6.71. The summed E-state index contributed by atoms with van der Waals surface area (Å²) in [4.78, 5) is 23.9. The summed E-state index contributed by atoms with van der Waals surface area (Å²) in [6.45, 7) is 2.34. The summed E-state index contributed by atoms with van der Waals surface area (Å²) in [6.07, 6.45) is 0.175. The number of hydrogen-bond acceptors (Lipinski definition) is 4. The molecule has 0 fully saturated rings. The number of carbonyl (C=O) groups is 1. The van der Waals surface area contributed by atoms with E-state index in [9.17, 15) is 14.9 Å². The number of nitro benzene ring substituents is 1. The van der Waals surface area contributed by atoms with E-state index in [4.69, 9.17) is 16.9 Å². The van der Waals surface area contributed by atoms with E-state index < -0.39 is 16.5 Å². The minimum atomic E-state index is -0.673. The first-order valence-corrected chi connectivity index (χ1v) is 5.99. The fourth-order valence-electron chi connectivity index (χ4n) is 1.63. The smallest absolute Gasteiger partial charge is 0.300 e. The lowest BCUT2D eigenvalue weighted by molar-refractivity contribution is -0.385. The summed E-state index contributed by atoms with van der Waals surface area (Å²) in [5.41, 5.74) is -0.457. The van der Waals surface area contributed by atoms with Crippen LogP contribution in [0.2, 0.25) is 5.02 Å². The molecule has 0 aliphatic carbocycles. The Labute approximate surface area is 115 Å². The zero-order valence-corrected chi connectivity index (χ0v) is 11.1. The number of benzene rings is 1. The maximum atomic E-state index is 12.2. The standard InChI is InChI=1S/C12H12ClN3O3/c1-2-15(8-4-7-14)12(17)9-5-3-6-10(13)11(9)16(18)19/h3,5-6H,2,4,8H2,1H3. The van der Waals surface area contributed by atoms with Crippen molar-refractivity contribution in [3.63, 3.8) is 0 Å². The first-order chi connectivity index (χ1) is 9.02. The van der Waals surface area contributed by atoms with Crippen molar-refractivity contribution in [2.75, 3.05) is 13.1 Å². The fraction of sp³-hybridized carbons (Fsp3) is 0.333. The van der Waals surface area contributed by atoms with Crippen molar-refractivity contribution in [2.45, 2.75) is 13.3 Å². The molecule has 0 saturated carbocycles. The molecule has 1 aromatic rings. The zero-order chi connectivity index (χ0) is 14.4. The SMILES string of the molecule is CCN(CCC#N)C(=O)c1cccc(Cl)c1[N+](=O)[O-]. The largest absolute Gasteiger partial charge is 0.338 e. The molecule has 0 radical (unpaired) electrons. The average molecular weight is 282 g/mol. The van der Waals surface area contributed by atoms with Crippen LogP contribution in [-0.2, 0) is 0 Å². The third-order valence-electron chi connectivity index (χ3n) is 2.56. The van der Waals surface area contributed by atoms with E-state index in [0.717, 1.165) is 0 Å². The highest BCUT2D eigenvalue weighted by molar-refractivity contribution is 6.33. The zero-order valence-electron chi connectivity index (χ0n) is 10.3. The van der Waals surface area contributed by atoms with Gasteiger partial charge in [0.1, 0.15) is 10.6 Å². The molecule has 19 heavy (non-hydrogen) atoms. The van der Waals surface area contributed by atoms with Gasteiger partial charge in [-0.25, -0.2) is 0 Å². The molecule has 0 aromatic heterocycles. The van der Waals surface area contributed by atoms with Gasteiger partial charge in [-0.2, -0.15) is 5.26 Å². The van der Waals surface area contributed by atoms with Crippen LogP contribution >= 0.6 is 11.6 Å². The summed E-state index contributed by atoms with van der Waals surface area (Å²) in [6, 6.07) is 6.15. The van der Waals surface area contributed by atoms with Gasteiger partial charge in [0.25, 0.3) is 5.91 Å². The minimum Gasteiger partial charge on any atom is -0.338 e. The van der Waals surface area contributed by atoms with Gasteiger partial charge in [-0.3, -0.25) is 14.9 Å². The Balaban J connectivity index is 3.15. The van der Waals surface area contributed by atoms with E-state index in [1.54, 1.807) is 6.92 Å². The number of para-hydroxylation sites is 1. The third-order valence-corrected chi connectivity index (χ3v) is 2.87. The second-order valence-electron chi connectivity index (χ2n) is 3.69. The molecule has 0 bridgehead atoms. The maximum absolute atomic E-state index is 12.2. The van der Waals surface area contributed by atoms with E-state index in [2.05, 4.69) is 0 Å². The van der Waals surface area contributed by atoms with Crippen LogP contribution in [0, 0.1) is 21.4 Å². The first-order valence-electron chi connectivity index (χ1n) is 5.62. The molecule has 0 spiro atoms. The number of nitro groups is 1. The fourth-order valence-corrected chi connectivity index (χ4v) is 1.88. The van der Waals surface area contributed by atoms with Crippen molar-refractivity contribution in [2.24, 2.45) is 0 Å². The number of amides is 1. The summed E-state index contributed by atoms with van der Waals surface area (Å²) in [5, 5.41) is 19.4. The highest BCUT2D eigenvalue weighted by atomic mass is 35.5. The van der Waals surface area contributed by atoms with E-state index in [1.807, 2.05) is 6.07 Å². The van der Waals surface area contributed by atoms with Gasteiger partial charge < -0.3 is 4.90 Å². The highest BCUT2D eigenvalue weighted by Crippen LogP contribution is 2.29. The van der Waals surface area contributed by atoms with Crippen molar-refractivity contribution in [1.82, 2.24) is 4.90 Å². The number of nitrogens with zero attached hydrogens (tertiary/aromatic N) is 3. The molecule has 0 heterocycles. The Hall–Kier alpha value is -2.13. The summed E-state index contributed by atoms with van der Waals surface area (Å²) in [7, 11) is 0. The lowest BCUT2D eigenvalue weighted by Crippen LogP contribution is -2.32. The molecular weight excluding hydrogens is 270 g/mol. The lowest BCUT2D eigenvalue weighted by Gasteiger charge is -2.19. The van der Waals surface area contributed by atoms with Gasteiger partial charge in [-0.05, 0) is 19.1 Å². The molecule has 0 N–H and O–H groups in total. The molecule has 0 aliphatic rings. The van der Waals surface area contributed by atoms with E-state index in [-0.39, 0.29) is 23.6 Å². The van der Waals surface area contributed by atoms with Gasteiger partial charge >= 0.3 is 5.69 Å². The van der Waals surface area contributed by atoms with Crippen LogP contribution < -0.4 is 0 Å². The Morgan fingerprint density at radius 3 is 2.79 bits per heavy atom. The Morgan fingerprint density at radius 1 is 1.58 bits per heavy atom.